The summed E-state index contributed by atoms with van der Waals surface area (Å²) in [5.74, 6) is -1.95. The molecule has 1 aliphatic rings. The smallest absolute Gasteiger partial charge is 0.309 e. The minimum Gasteiger partial charge on any atom is -0.481 e. The van der Waals surface area contributed by atoms with Gasteiger partial charge in [-0.05, 0) is 55.3 Å². The van der Waals surface area contributed by atoms with Gasteiger partial charge < -0.3 is 5.11 Å². The molecule has 0 aliphatic carbocycles. The van der Waals surface area contributed by atoms with Gasteiger partial charge in [0.05, 0.1) is 16.9 Å². The van der Waals surface area contributed by atoms with Crippen LogP contribution in [0.5, 0.6) is 0 Å². The average molecular weight is 572 g/mol. The number of benzene rings is 3. The number of hydrogen-bond acceptors (Lipinski definition) is 4. The maximum absolute atomic E-state index is 14.3. The molecule has 1 N–H and O–H groups in total. The van der Waals surface area contributed by atoms with E-state index in [9.17, 15) is 18.3 Å². The van der Waals surface area contributed by atoms with E-state index in [0.29, 0.717) is 17.0 Å². The lowest BCUT2D eigenvalue weighted by molar-refractivity contribution is -0.142. The fourth-order valence-corrected chi connectivity index (χ4v) is 8.79. The Morgan fingerprint density at radius 3 is 2.21 bits per heavy atom. The van der Waals surface area contributed by atoms with Crippen LogP contribution >= 0.6 is 23.4 Å². The van der Waals surface area contributed by atoms with Crippen molar-refractivity contribution >= 4 is 39.4 Å². The highest BCUT2D eigenvalue weighted by Gasteiger charge is 2.57. The van der Waals surface area contributed by atoms with Crippen molar-refractivity contribution < 1.29 is 18.3 Å². The fraction of sp³-hybridized carbons (Fsp3) is 0.367. The molecule has 1 saturated heterocycles. The number of aliphatic carboxylic acids is 1. The standard InChI is InChI=1S/C30H34ClNO4S2/c1-3-4-5-9-12-26-29(37-24-19-13-21(2)14-20-24)27(30(33)34)28(22-15-17-23(31)18-16-22)32(26)38(35,36)25-10-7-6-8-11-25/h6-8,10-11,13-20,26-29H,3-5,9,12H2,1-2H3,(H,33,34)/t26-,27+,28+,29-/m1/s1. The molecule has 38 heavy (non-hydrogen) atoms. The maximum atomic E-state index is 14.3. The van der Waals surface area contributed by atoms with Gasteiger partial charge in [-0.15, -0.1) is 11.8 Å². The molecule has 0 radical (unpaired) electrons. The third-order valence-corrected chi connectivity index (χ3v) is 10.7. The van der Waals surface area contributed by atoms with E-state index < -0.39 is 39.2 Å². The summed E-state index contributed by atoms with van der Waals surface area (Å²) in [4.78, 5) is 14.1. The van der Waals surface area contributed by atoms with E-state index in [-0.39, 0.29) is 4.90 Å². The SMILES string of the molecule is CCCCCC[C@@H]1[C@@H](Sc2ccc(C)cc2)[C@@H](C(=O)O)[C@H](c2ccc(Cl)cc2)N1S(=O)(=O)c1ccccc1. The lowest BCUT2D eigenvalue weighted by Gasteiger charge is -2.31. The Morgan fingerprint density at radius 1 is 0.947 bits per heavy atom. The number of carboxylic acids is 1. The van der Waals surface area contributed by atoms with Crippen LogP contribution in [0.1, 0.15) is 56.2 Å². The molecule has 4 rings (SSSR count). The van der Waals surface area contributed by atoms with E-state index in [4.69, 9.17) is 11.6 Å². The molecular formula is C30H34ClNO4S2. The van der Waals surface area contributed by atoms with Gasteiger partial charge in [0.1, 0.15) is 0 Å². The van der Waals surface area contributed by atoms with Crippen molar-refractivity contribution in [2.24, 2.45) is 5.92 Å². The Hall–Kier alpha value is -2.32. The first-order valence-electron chi connectivity index (χ1n) is 13.0. The molecule has 8 heteroatoms. The van der Waals surface area contributed by atoms with Crippen LogP contribution in [-0.4, -0.2) is 35.1 Å². The average Bonchev–Trinajstić information content (AvgIpc) is 3.23. The molecule has 5 nitrogen and oxygen atoms in total. The lowest BCUT2D eigenvalue weighted by Crippen LogP contribution is -2.40. The highest BCUT2D eigenvalue weighted by Crippen LogP contribution is 2.52. The molecule has 0 bridgehead atoms. The minimum absolute atomic E-state index is 0.169. The van der Waals surface area contributed by atoms with Crippen molar-refractivity contribution in [1.82, 2.24) is 4.31 Å². The molecule has 3 aromatic carbocycles. The van der Waals surface area contributed by atoms with Gasteiger partial charge in [0.2, 0.25) is 10.0 Å². The number of carboxylic acid groups (broad SMARTS) is 1. The molecule has 4 atom stereocenters. The van der Waals surface area contributed by atoms with Gasteiger partial charge in [-0.25, -0.2) is 8.42 Å². The quantitative estimate of drug-likeness (QED) is 0.240. The van der Waals surface area contributed by atoms with Gasteiger partial charge in [0, 0.05) is 21.2 Å². The van der Waals surface area contributed by atoms with Gasteiger partial charge in [0.15, 0.2) is 0 Å². The third-order valence-electron chi connectivity index (χ3n) is 7.14. The Labute approximate surface area is 235 Å². The van der Waals surface area contributed by atoms with Crippen molar-refractivity contribution in [2.75, 3.05) is 0 Å². The van der Waals surface area contributed by atoms with Crippen molar-refractivity contribution in [2.45, 2.75) is 73.1 Å². The molecular weight excluding hydrogens is 538 g/mol. The molecule has 0 amide bonds. The number of hydrogen-bond donors (Lipinski definition) is 1. The molecule has 0 aromatic heterocycles. The summed E-state index contributed by atoms with van der Waals surface area (Å²) in [6, 6.07) is 21.8. The number of carbonyl (C=O) groups is 1. The largest absolute Gasteiger partial charge is 0.481 e. The predicted molar refractivity (Wildman–Crippen MR) is 154 cm³/mol. The number of nitrogens with zero attached hydrogens (tertiary/aromatic N) is 1. The fourth-order valence-electron chi connectivity index (χ4n) is 5.26. The zero-order valence-electron chi connectivity index (χ0n) is 21.7. The summed E-state index contributed by atoms with van der Waals surface area (Å²) < 4.78 is 30.1. The summed E-state index contributed by atoms with van der Waals surface area (Å²) in [6.07, 6.45) is 4.49. The monoisotopic (exact) mass is 571 g/mol. The van der Waals surface area contributed by atoms with E-state index >= 15 is 0 Å². The van der Waals surface area contributed by atoms with Gasteiger partial charge in [-0.2, -0.15) is 4.31 Å². The zero-order valence-corrected chi connectivity index (χ0v) is 24.1. The highest BCUT2D eigenvalue weighted by molar-refractivity contribution is 8.00. The highest BCUT2D eigenvalue weighted by atomic mass is 35.5. The van der Waals surface area contributed by atoms with Crippen LogP contribution in [0.2, 0.25) is 5.02 Å². The Kier molecular flexibility index (Phi) is 9.58. The van der Waals surface area contributed by atoms with Crippen molar-refractivity contribution in [3.8, 4) is 0 Å². The van der Waals surface area contributed by atoms with Crippen LogP contribution < -0.4 is 0 Å². The van der Waals surface area contributed by atoms with Gasteiger partial charge in [-0.1, -0.05) is 92.2 Å². The number of sulfonamides is 1. The lowest BCUT2D eigenvalue weighted by atomic mass is 9.92. The topological polar surface area (TPSA) is 74.7 Å². The molecule has 1 heterocycles. The van der Waals surface area contributed by atoms with Crippen LogP contribution in [-0.2, 0) is 14.8 Å². The minimum atomic E-state index is -4.01. The summed E-state index contributed by atoms with van der Waals surface area (Å²) in [5, 5.41) is 10.6. The number of halogens is 1. The van der Waals surface area contributed by atoms with E-state index in [2.05, 4.69) is 6.92 Å². The second-order valence-electron chi connectivity index (χ2n) is 9.82. The number of aryl methyl sites for hydroxylation is 1. The van der Waals surface area contributed by atoms with Crippen LogP contribution in [0, 0.1) is 12.8 Å². The molecule has 202 valence electrons. The van der Waals surface area contributed by atoms with Gasteiger partial charge >= 0.3 is 5.97 Å². The number of unbranched alkanes of at least 4 members (excludes halogenated alkanes) is 3. The number of rotatable bonds is 11. The van der Waals surface area contributed by atoms with Crippen LogP contribution in [0.15, 0.2) is 88.7 Å². The van der Waals surface area contributed by atoms with E-state index in [1.807, 2.05) is 31.2 Å². The number of thioether (sulfide) groups is 1. The van der Waals surface area contributed by atoms with Crippen LogP contribution in [0.4, 0.5) is 0 Å². The summed E-state index contributed by atoms with van der Waals surface area (Å²) >= 11 is 7.63. The molecule has 1 aliphatic heterocycles. The first-order chi connectivity index (χ1) is 18.2. The zero-order chi connectivity index (χ0) is 27.3. The van der Waals surface area contributed by atoms with Crippen molar-refractivity contribution in [3.63, 3.8) is 0 Å². The second-order valence-corrected chi connectivity index (χ2v) is 13.4. The summed E-state index contributed by atoms with van der Waals surface area (Å²) in [5.41, 5.74) is 1.74. The van der Waals surface area contributed by atoms with Crippen molar-refractivity contribution in [1.29, 1.82) is 0 Å². The molecule has 3 aromatic rings. The predicted octanol–water partition coefficient (Wildman–Crippen LogP) is 7.59. The molecule has 1 fully saturated rings. The van der Waals surface area contributed by atoms with E-state index in [1.165, 1.54) is 16.1 Å². The summed E-state index contributed by atoms with van der Waals surface area (Å²) in [7, 11) is -4.01. The molecule has 0 unspecified atom stereocenters. The normalized spacial score (nSPS) is 22.0. The van der Waals surface area contributed by atoms with E-state index in [0.717, 1.165) is 36.1 Å². The van der Waals surface area contributed by atoms with Crippen molar-refractivity contribution in [3.05, 3.63) is 95.0 Å². The first kappa shape index (κ1) is 28.7. The first-order valence-corrected chi connectivity index (χ1v) is 15.7. The maximum Gasteiger partial charge on any atom is 0.309 e. The third kappa shape index (κ3) is 6.28. The Bertz CT molecular complexity index is 1310. The van der Waals surface area contributed by atoms with Crippen LogP contribution in [0.3, 0.4) is 0 Å². The van der Waals surface area contributed by atoms with Crippen LogP contribution in [0.25, 0.3) is 0 Å². The van der Waals surface area contributed by atoms with Gasteiger partial charge in [0.25, 0.3) is 0 Å². The van der Waals surface area contributed by atoms with Gasteiger partial charge in [-0.3, -0.25) is 4.79 Å². The van der Waals surface area contributed by atoms with E-state index in [1.54, 1.807) is 54.6 Å². The summed E-state index contributed by atoms with van der Waals surface area (Å²) in [6.45, 7) is 4.14. The molecule has 0 spiro atoms. The molecule has 0 saturated carbocycles. The second kappa shape index (κ2) is 12.7. The Morgan fingerprint density at radius 2 is 1.61 bits per heavy atom. The Balaban J connectivity index is 1.88.